The van der Waals surface area contributed by atoms with Gasteiger partial charge in [-0.05, 0) is 25.3 Å². The Hall–Kier alpha value is -1.12. The van der Waals surface area contributed by atoms with Crippen molar-refractivity contribution in [3.63, 3.8) is 0 Å². The van der Waals surface area contributed by atoms with E-state index in [4.69, 9.17) is 0 Å². The van der Waals surface area contributed by atoms with Gasteiger partial charge in [0.2, 0.25) is 0 Å². The molecule has 0 fully saturated rings. The molecule has 0 aliphatic rings. The number of rotatable bonds is 10. The van der Waals surface area contributed by atoms with Crippen molar-refractivity contribution < 1.29 is 14.7 Å². The Balaban J connectivity index is 4.87. The smallest absolute Gasteiger partial charge is 0.317 e. The molecule has 0 aliphatic heterocycles. The van der Waals surface area contributed by atoms with Crippen LogP contribution in [0.25, 0.3) is 0 Å². The minimum Gasteiger partial charge on any atom is -0.480 e. The summed E-state index contributed by atoms with van der Waals surface area (Å²) >= 11 is 0. The van der Waals surface area contributed by atoms with E-state index in [-0.39, 0.29) is 5.78 Å². The number of carbonyl (C=O) groups is 2. The van der Waals surface area contributed by atoms with Gasteiger partial charge in [-0.2, -0.15) is 0 Å². The van der Waals surface area contributed by atoms with Gasteiger partial charge in [0.25, 0.3) is 0 Å². The van der Waals surface area contributed by atoms with Crippen LogP contribution < -0.4 is 0 Å². The van der Waals surface area contributed by atoms with Crippen molar-refractivity contribution in [2.24, 2.45) is 5.41 Å². The van der Waals surface area contributed by atoms with Crippen molar-refractivity contribution in [1.82, 2.24) is 0 Å². The number of hydrogen-bond donors (Lipinski definition) is 1. The number of hydrogen-bond acceptors (Lipinski definition) is 2. The molecule has 0 unspecified atom stereocenters. The Morgan fingerprint density at radius 1 is 1.06 bits per heavy atom. The van der Waals surface area contributed by atoms with E-state index in [1.165, 1.54) is 6.08 Å². The summed E-state index contributed by atoms with van der Waals surface area (Å²) in [6.07, 6.45) is 8.51. The molecule has 0 rings (SSSR count). The molecule has 0 aromatic rings. The molecule has 0 aromatic heterocycles. The number of allylic oxidation sites excluding steroid dienone is 2. The zero-order valence-electron chi connectivity index (χ0n) is 11.9. The van der Waals surface area contributed by atoms with Gasteiger partial charge in [-0.15, -0.1) is 0 Å². The third-order valence-electron chi connectivity index (χ3n) is 3.23. The van der Waals surface area contributed by atoms with Gasteiger partial charge < -0.3 is 5.11 Å². The summed E-state index contributed by atoms with van der Waals surface area (Å²) in [7, 11) is 0. The number of carbonyl (C=O) groups excluding carboxylic acids is 1. The summed E-state index contributed by atoms with van der Waals surface area (Å²) in [5, 5.41) is 9.40. The minimum absolute atomic E-state index is 0.241. The lowest BCUT2D eigenvalue weighted by molar-refractivity contribution is -0.154. The lowest BCUT2D eigenvalue weighted by Gasteiger charge is -2.25. The number of ketones is 1. The fraction of sp³-hybridized carbons (Fsp3) is 0.733. The van der Waals surface area contributed by atoms with Crippen LogP contribution >= 0.6 is 0 Å². The molecule has 0 bridgehead atoms. The first-order valence-electron chi connectivity index (χ1n) is 6.99. The first-order valence-corrected chi connectivity index (χ1v) is 6.99. The molecule has 0 saturated carbocycles. The van der Waals surface area contributed by atoms with Crippen LogP contribution in [0.4, 0.5) is 0 Å². The van der Waals surface area contributed by atoms with Crippen LogP contribution in [0.2, 0.25) is 0 Å². The Morgan fingerprint density at radius 3 is 2.00 bits per heavy atom. The van der Waals surface area contributed by atoms with Gasteiger partial charge in [-0.3, -0.25) is 9.59 Å². The van der Waals surface area contributed by atoms with E-state index in [0.717, 1.165) is 19.3 Å². The highest BCUT2D eigenvalue weighted by Crippen LogP contribution is 2.32. The van der Waals surface area contributed by atoms with Crippen molar-refractivity contribution in [2.75, 3.05) is 0 Å². The molecule has 0 saturated heterocycles. The minimum atomic E-state index is -1.20. The molecule has 0 spiro atoms. The molecule has 0 aromatic carbocycles. The molecule has 0 radical (unpaired) electrons. The summed E-state index contributed by atoms with van der Waals surface area (Å²) in [6, 6.07) is 0. The maximum Gasteiger partial charge on any atom is 0.317 e. The zero-order chi connectivity index (χ0) is 14.0. The quantitative estimate of drug-likeness (QED) is 0.364. The van der Waals surface area contributed by atoms with Crippen LogP contribution in [-0.4, -0.2) is 16.9 Å². The van der Waals surface area contributed by atoms with Gasteiger partial charge >= 0.3 is 5.97 Å². The second-order valence-electron chi connectivity index (χ2n) is 4.80. The molecule has 0 heterocycles. The molecule has 18 heavy (non-hydrogen) atoms. The standard InChI is InChI=1S/C15H26O3/c1-4-7-8-9-10-13(16)15(11-5-2,12-6-3)14(17)18/h9-10H,4-8,11-12H2,1-3H3,(H,17,18). The van der Waals surface area contributed by atoms with Crippen LogP contribution in [0.3, 0.4) is 0 Å². The molecule has 0 aliphatic carbocycles. The average Bonchev–Trinajstić information content (AvgIpc) is 2.33. The second kappa shape index (κ2) is 8.90. The van der Waals surface area contributed by atoms with Crippen LogP contribution in [0.5, 0.6) is 0 Å². The van der Waals surface area contributed by atoms with Crippen molar-refractivity contribution in [3.05, 3.63) is 12.2 Å². The van der Waals surface area contributed by atoms with E-state index in [1.807, 2.05) is 19.9 Å². The van der Waals surface area contributed by atoms with E-state index in [9.17, 15) is 14.7 Å². The largest absolute Gasteiger partial charge is 0.480 e. The highest BCUT2D eigenvalue weighted by molar-refractivity contribution is 6.08. The molecular weight excluding hydrogens is 228 g/mol. The zero-order valence-corrected chi connectivity index (χ0v) is 11.9. The summed E-state index contributed by atoms with van der Waals surface area (Å²) in [4.78, 5) is 23.7. The van der Waals surface area contributed by atoms with E-state index >= 15 is 0 Å². The Kier molecular flexibility index (Phi) is 8.34. The van der Waals surface area contributed by atoms with E-state index in [1.54, 1.807) is 0 Å². The first-order chi connectivity index (χ1) is 8.55. The molecule has 104 valence electrons. The summed E-state index contributed by atoms with van der Waals surface area (Å²) < 4.78 is 0. The van der Waals surface area contributed by atoms with Crippen molar-refractivity contribution >= 4 is 11.8 Å². The number of carboxylic acids is 1. The van der Waals surface area contributed by atoms with Crippen molar-refractivity contribution in [1.29, 1.82) is 0 Å². The monoisotopic (exact) mass is 254 g/mol. The van der Waals surface area contributed by atoms with Gasteiger partial charge in [-0.25, -0.2) is 0 Å². The average molecular weight is 254 g/mol. The van der Waals surface area contributed by atoms with Gasteiger partial charge in [0.1, 0.15) is 5.41 Å². The van der Waals surface area contributed by atoms with Gasteiger partial charge in [0.15, 0.2) is 5.78 Å². The van der Waals surface area contributed by atoms with Crippen molar-refractivity contribution in [2.45, 2.75) is 65.7 Å². The lowest BCUT2D eigenvalue weighted by Crippen LogP contribution is -2.38. The topological polar surface area (TPSA) is 54.4 Å². The molecular formula is C15H26O3. The fourth-order valence-corrected chi connectivity index (χ4v) is 2.22. The van der Waals surface area contributed by atoms with Crippen LogP contribution in [0.15, 0.2) is 12.2 Å². The molecule has 0 amide bonds. The Bertz CT molecular complexity index is 286. The molecule has 0 atom stereocenters. The summed E-state index contributed by atoms with van der Waals surface area (Å²) in [5.74, 6) is -1.22. The normalized spacial score (nSPS) is 11.9. The third kappa shape index (κ3) is 4.63. The molecule has 3 nitrogen and oxygen atoms in total. The fourth-order valence-electron chi connectivity index (χ4n) is 2.22. The number of carboxylic acid groups (broad SMARTS) is 1. The second-order valence-corrected chi connectivity index (χ2v) is 4.80. The third-order valence-corrected chi connectivity index (χ3v) is 3.23. The molecule has 3 heteroatoms. The Labute approximate surface area is 110 Å². The maximum atomic E-state index is 12.2. The van der Waals surface area contributed by atoms with Crippen LogP contribution in [0.1, 0.15) is 65.7 Å². The highest BCUT2D eigenvalue weighted by atomic mass is 16.4. The highest BCUT2D eigenvalue weighted by Gasteiger charge is 2.42. The summed E-state index contributed by atoms with van der Waals surface area (Å²) in [5.41, 5.74) is -1.20. The van der Waals surface area contributed by atoms with E-state index in [2.05, 4.69) is 6.92 Å². The van der Waals surface area contributed by atoms with Crippen molar-refractivity contribution in [3.8, 4) is 0 Å². The lowest BCUT2D eigenvalue weighted by atomic mass is 9.75. The predicted octanol–water partition coefficient (Wildman–Crippen LogP) is 3.97. The maximum absolute atomic E-state index is 12.2. The van der Waals surface area contributed by atoms with Gasteiger partial charge in [-0.1, -0.05) is 52.5 Å². The van der Waals surface area contributed by atoms with E-state index < -0.39 is 11.4 Å². The van der Waals surface area contributed by atoms with Crippen LogP contribution in [-0.2, 0) is 9.59 Å². The number of aliphatic carboxylic acids is 1. The SMILES string of the molecule is CCCCC=CC(=O)C(CCC)(CCC)C(=O)O. The Morgan fingerprint density at radius 2 is 1.61 bits per heavy atom. The van der Waals surface area contributed by atoms with Crippen LogP contribution in [0, 0.1) is 5.41 Å². The van der Waals surface area contributed by atoms with E-state index in [0.29, 0.717) is 25.7 Å². The van der Waals surface area contributed by atoms with Gasteiger partial charge in [0.05, 0.1) is 0 Å². The number of unbranched alkanes of at least 4 members (excludes halogenated alkanes) is 2. The molecule has 1 N–H and O–H groups in total. The summed E-state index contributed by atoms with van der Waals surface area (Å²) in [6.45, 7) is 5.92. The van der Waals surface area contributed by atoms with Gasteiger partial charge in [0, 0.05) is 0 Å². The first kappa shape index (κ1) is 16.9. The predicted molar refractivity (Wildman–Crippen MR) is 73.6 cm³/mol.